The monoisotopic (exact) mass is 292 g/mol. The molecule has 0 saturated heterocycles. The van der Waals surface area contributed by atoms with Crippen molar-refractivity contribution in [3.8, 4) is 0 Å². The van der Waals surface area contributed by atoms with Crippen molar-refractivity contribution < 1.29 is 0 Å². The Morgan fingerprint density at radius 1 is 1.10 bits per heavy atom. The van der Waals surface area contributed by atoms with Gasteiger partial charge in [-0.15, -0.1) is 0 Å². The molecule has 0 spiro atoms. The van der Waals surface area contributed by atoms with E-state index in [1.807, 2.05) is 30.9 Å². The lowest BCUT2D eigenvalue weighted by Gasteiger charge is -2.18. The molecular weight excluding hydrogens is 276 g/mol. The molecule has 0 aromatic carbocycles. The largest absolute Gasteiger partial charge is 0.350 e. The smallest absolute Gasteiger partial charge is 0.231 e. The van der Waals surface area contributed by atoms with Crippen LogP contribution in [0.5, 0.6) is 0 Å². The van der Waals surface area contributed by atoms with Crippen LogP contribution in [0, 0.1) is 0 Å². The number of nitrogens with one attached hydrogen (secondary N) is 1. The van der Waals surface area contributed by atoms with Gasteiger partial charge in [-0.2, -0.15) is 15.0 Å². The number of rotatable bonds is 6. The Morgan fingerprint density at radius 2 is 1.80 bits per heavy atom. The zero-order chi connectivity index (χ0) is 14.4. The Kier molecular flexibility index (Phi) is 5.06. The maximum absolute atomic E-state index is 5.95. The number of nitrogens with zero attached hydrogens (tertiary/aromatic N) is 5. The second-order valence-electron chi connectivity index (χ2n) is 4.11. The summed E-state index contributed by atoms with van der Waals surface area (Å²) >= 11 is 5.95. The van der Waals surface area contributed by atoms with Gasteiger partial charge < -0.3 is 10.2 Å². The van der Waals surface area contributed by atoms with E-state index in [1.165, 1.54) is 0 Å². The second kappa shape index (κ2) is 7.00. The molecule has 2 rings (SSSR count). The molecule has 20 heavy (non-hydrogen) atoms. The van der Waals surface area contributed by atoms with Gasteiger partial charge in [-0.25, -0.2) is 0 Å². The Bertz CT molecular complexity index is 544. The van der Waals surface area contributed by atoms with Crippen molar-refractivity contribution in [2.45, 2.75) is 20.4 Å². The van der Waals surface area contributed by atoms with Crippen molar-refractivity contribution in [3.63, 3.8) is 0 Å². The molecule has 0 fully saturated rings. The molecule has 0 unspecified atom stereocenters. The van der Waals surface area contributed by atoms with E-state index >= 15 is 0 Å². The van der Waals surface area contributed by atoms with Gasteiger partial charge >= 0.3 is 0 Å². The van der Waals surface area contributed by atoms with E-state index in [-0.39, 0.29) is 5.28 Å². The van der Waals surface area contributed by atoms with Crippen LogP contribution in [0.1, 0.15) is 19.4 Å². The quantitative estimate of drug-likeness (QED) is 0.882. The molecule has 0 aliphatic rings. The number of hydrogen-bond donors (Lipinski definition) is 1. The topological polar surface area (TPSA) is 66.8 Å². The predicted octanol–water partition coefficient (Wildman–Crippen LogP) is 2.38. The molecule has 2 heterocycles. The highest BCUT2D eigenvalue weighted by molar-refractivity contribution is 6.28. The lowest BCUT2D eigenvalue weighted by molar-refractivity contribution is 0.811. The minimum Gasteiger partial charge on any atom is -0.350 e. The van der Waals surface area contributed by atoms with E-state index in [1.54, 1.807) is 12.4 Å². The summed E-state index contributed by atoms with van der Waals surface area (Å²) in [7, 11) is 0. The van der Waals surface area contributed by atoms with Crippen LogP contribution in [-0.4, -0.2) is 33.0 Å². The van der Waals surface area contributed by atoms with Gasteiger partial charge in [0.05, 0.1) is 0 Å². The number of anilines is 2. The third-order valence-electron chi connectivity index (χ3n) is 2.84. The molecule has 2 aromatic rings. The summed E-state index contributed by atoms with van der Waals surface area (Å²) in [6, 6.07) is 3.86. The van der Waals surface area contributed by atoms with E-state index in [4.69, 9.17) is 11.6 Å². The Morgan fingerprint density at radius 3 is 2.45 bits per heavy atom. The van der Waals surface area contributed by atoms with Gasteiger partial charge in [-0.1, -0.05) is 0 Å². The average molecular weight is 293 g/mol. The number of pyridine rings is 1. The molecule has 0 amide bonds. The normalized spacial score (nSPS) is 10.3. The van der Waals surface area contributed by atoms with Crippen molar-refractivity contribution in [2.24, 2.45) is 0 Å². The van der Waals surface area contributed by atoms with Gasteiger partial charge in [0.2, 0.25) is 17.2 Å². The standard InChI is InChI=1S/C13H17ClN6/c1-3-20(4-2)13-18-11(14)17-12(19-13)16-9-10-5-7-15-8-6-10/h5-8H,3-4,9H2,1-2H3,(H,16,17,18,19). The van der Waals surface area contributed by atoms with E-state index in [0.29, 0.717) is 18.4 Å². The van der Waals surface area contributed by atoms with Crippen molar-refractivity contribution in [1.82, 2.24) is 19.9 Å². The van der Waals surface area contributed by atoms with Gasteiger partial charge in [0.25, 0.3) is 0 Å². The van der Waals surface area contributed by atoms with Gasteiger partial charge in [0.1, 0.15) is 0 Å². The Labute approximate surface area is 123 Å². The van der Waals surface area contributed by atoms with Crippen LogP contribution in [0.25, 0.3) is 0 Å². The van der Waals surface area contributed by atoms with Crippen molar-refractivity contribution in [3.05, 3.63) is 35.4 Å². The van der Waals surface area contributed by atoms with E-state index in [2.05, 4.69) is 25.3 Å². The molecule has 0 radical (unpaired) electrons. The summed E-state index contributed by atoms with van der Waals surface area (Å²) in [5.74, 6) is 1.07. The molecule has 0 saturated carbocycles. The van der Waals surface area contributed by atoms with Crippen LogP contribution in [-0.2, 0) is 6.54 Å². The number of aromatic nitrogens is 4. The minimum atomic E-state index is 0.194. The molecule has 0 aliphatic carbocycles. The zero-order valence-electron chi connectivity index (χ0n) is 11.5. The van der Waals surface area contributed by atoms with E-state index in [9.17, 15) is 0 Å². The third kappa shape index (κ3) is 3.77. The molecule has 1 N–H and O–H groups in total. The van der Waals surface area contributed by atoms with Gasteiger partial charge in [-0.3, -0.25) is 4.98 Å². The predicted molar refractivity (Wildman–Crippen MR) is 80.0 cm³/mol. The maximum Gasteiger partial charge on any atom is 0.231 e. The second-order valence-corrected chi connectivity index (χ2v) is 4.45. The molecule has 0 atom stereocenters. The number of halogens is 1. The minimum absolute atomic E-state index is 0.194. The summed E-state index contributed by atoms with van der Waals surface area (Å²) in [6.45, 7) is 6.35. The number of hydrogen-bond acceptors (Lipinski definition) is 6. The molecule has 0 aliphatic heterocycles. The Hall–Kier alpha value is -1.95. The third-order valence-corrected chi connectivity index (χ3v) is 3.01. The lowest BCUT2D eigenvalue weighted by atomic mass is 10.3. The lowest BCUT2D eigenvalue weighted by Crippen LogP contribution is -2.25. The highest BCUT2D eigenvalue weighted by Gasteiger charge is 2.09. The fraction of sp³-hybridized carbons (Fsp3) is 0.385. The van der Waals surface area contributed by atoms with Crippen molar-refractivity contribution in [2.75, 3.05) is 23.3 Å². The first-order valence-electron chi connectivity index (χ1n) is 6.52. The fourth-order valence-corrected chi connectivity index (χ4v) is 1.90. The Balaban J connectivity index is 2.12. The first-order chi connectivity index (χ1) is 9.72. The van der Waals surface area contributed by atoms with E-state index < -0.39 is 0 Å². The average Bonchev–Trinajstić information content (AvgIpc) is 2.47. The van der Waals surface area contributed by atoms with Crippen LogP contribution >= 0.6 is 11.6 Å². The van der Waals surface area contributed by atoms with Crippen molar-refractivity contribution in [1.29, 1.82) is 0 Å². The van der Waals surface area contributed by atoms with Crippen LogP contribution in [0.3, 0.4) is 0 Å². The molecular formula is C13H17ClN6. The highest BCUT2D eigenvalue weighted by atomic mass is 35.5. The summed E-state index contributed by atoms with van der Waals surface area (Å²) in [5, 5.41) is 3.34. The molecule has 7 heteroatoms. The fourth-order valence-electron chi connectivity index (χ4n) is 1.75. The van der Waals surface area contributed by atoms with Gasteiger partial charge in [0.15, 0.2) is 0 Å². The zero-order valence-corrected chi connectivity index (χ0v) is 12.3. The van der Waals surface area contributed by atoms with Gasteiger partial charge in [0, 0.05) is 32.0 Å². The SMILES string of the molecule is CCN(CC)c1nc(Cl)nc(NCc2ccncc2)n1. The molecule has 6 nitrogen and oxygen atoms in total. The summed E-state index contributed by atoms with van der Waals surface area (Å²) in [4.78, 5) is 18.6. The summed E-state index contributed by atoms with van der Waals surface area (Å²) in [5.41, 5.74) is 1.10. The van der Waals surface area contributed by atoms with Gasteiger partial charge in [-0.05, 0) is 43.1 Å². The summed E-state index contributed by atoms with van der Waals surface area (Å²) in [6.07, 6.45) is 3.50. The summed E-state index contributed by atoms with van der Waals surface area (Å²) < 4.78 is 0. The molecule has 0 bridgehead atoms. The van der Waals surface area contributed by atoms with Crippen molar-refractivity contribution >= 4 is 23.5 Å². The van der Waals surface area contributed by atoms with Crippen LogP contribution in [0.4, 0.5) is 11.9 Å². The van der Waals surface area contributed by atoms with E-state index in [0.717, 1.165) is 18.7 Å². The molecule has 2 aromatic heterocycles. The molecule has 106 valence electrons. The first kappa shape index (κ1) is 14.5. The van der Waals surface area contributed by atoms with Crippen LogP contribution in [0.2, 0.25) is 5.28 Å². The highest BCUT2D eigenvalue weighted by Crippen LogP contribution is 2.14. The van der Waals surface area contributed by atoms with Crippen LogP contribution < -0.4 is 10.2 Å². The van der Waals surface area contributed by atoms with Crippen LogP contribution in [0.15, 0.2) is 24.5 Å². The first-order valence-corrected chi connectivity index (χ1v) is 6.90. The maximum atomic E-state index is 5.95.